The standard InChI is InChI=1S/C21H22FN3O2/c1-2-12-23-20(26)14-25-13-4-5-17-18(6-3-7-19(17)25)24-21(27)15-8-10-16(22)11-9-15/h2-3,6-11H,1,4-5,12-14H2,(H,23,26)(H,24,27). The number of rotatable bonds is 6. The SMILES string of the molecule is C=CCNC(=O)CN1CCCc2c(NC(=O)c3ccc(F)cc3)cccc21. The molecule has 0 radical (unpaired) electrons. The van der Waals surface area contributed by atoms with Gasteiger partial charge in [0.2, 0.25) is 5.91 Å². The number of fused-ring (bicyclic) bond motifs is 1. The Labute approximate surface area is 157 Å². The predicted molar refractivity (Wildman–Crippen MR) is 105 cm³/mol. The minimum atomic E-state index is -0.381. The zero-order valence-corrected chi connectivity index (χ0v) is 15.0. The minimum Gasteiger partial charge on any atom is -0.362 e. The van der Waals surface area contributed by atoms with Crippen LogP contribution in [0, 0.1) is 5.82 Å². The van der Waals surface area contributed by atoms with Crippen molar-refractivity contribution in [3.05, 3.63) is 72.1 Å². The van der Waals surface area contributed by atoms with E-state index in [1.165, 1.54) is 24.3 Å². The molecular weight excluding hydrogens is 345 g/mol. The lowest BCUT2D eigenvalue weighted by Crippen LogP contribution is -2.40. The molecule has 1 aliphatic rings. The van der Waals surface area contributed by atoms with Crippen molar-refractivity contribution < 1.29 is 14.0 Å². The Morgan fingerprint density at radius 3 is 2.70 bits per heavy atom. The first-order valence-electron chi connectivity index (χ1n) is 8.90. The Kier molecular flexibility index (Phi) is 5.86. The molecular formula is C21H22FN3O2. The fraction of sp³-hybridized carbons (Fsp3) is 0.238. The van der Waals surface area contributed by atoms with Crippen molar-refractivity contribution in [3.8, 4) is 0 Å². The number of anilines is 2. The molecule has 2 aromatic rings. The van der Waals surface area contributed by atoms with E-state index in [-0.39, 0.29) is 24.2 Å². The van der Waals surface area contributed by atoms with Crippen LogP contribution in [0.25, 0.3) is 0 Å². The molecule has 5 nitrogen and oxygen atoms in total. The number of carbonyl (C=O) groups excluding carboxylic acids is 2. The molecule has 0 spiro atoms. The summed E-state index contributed by atoms with van der Waals surface area (Å²) >= 11 is 0. The van der Waals surface area contributed by atoms with Gasteiger partial charge >= 0.3 is 0 Å². The van der Waals surface area contributed by atoms with Crippen molar-refractivity contribution in [2.45, 2.75) is 12.8 Å². The van der Waals surface area contributed by atoms with Crippen molar-refractivity contribution in [2.24, 2.45) is 0 Å². The molecule has 0 unspecified atom stereocenters. The van der Waals surface area contributed by atoms with Crippen molar-refractivity contribution >= 4 is 23.2 Å². The summed E-state index contributed by atoms with van der Waals surface area (Å²) in [4.78, 5) is 26.5. The summed E-state index contributed by atoms with van der Waals surface area (Å²) < 4.78 is 13.1. The maximum absolute atomic E-state index is 13.1. The van der Waals surface area contributed by atoms with E-state index in [0.29, 0.717) is 12.1 Å². The molecule has 0 atom stereocenters. The van der Waals surface area contributed by atoms with Crippen LogP contribution >= 0.6 is 0 Å². The van der Waals surface area contributed by atoms with E-state index < -0.39 is 0 Å². The molecule has 0 aromatic heterocycles. The van der Waals surface area contributed by atoms with Gasteiger partial charge in [-0.25, -0.2) is 4.39 Å². The Hall–Kier alpha value is -3.15. The summed E-state index contributed by atoms with van der Waals surface area (Å²) in [5.41, 5.74) is 3.08. The number of nitrogens with one attached hydrogen (secondary N) is 2. The molecule has 2 amide bonds. The lowest BCUT2D eigenvalue weighted by Gasteiger charge is -2.32. The van der Waals surface area contributed by atoms with Gasteiger partial charge in [-0.1, -0.05) is 12.1 Å². The van der Waals surface area contributed by atoms with Crippen LogP contribution in [-0.4, -0.2) is 31.4 Å². The second kappa shape index (κ2) is 8.49. The average Bonchev–Trinajstić information content (AvgIpc) is 2.67. The summed E-state index contributed by atoms with van der Waals surface area (Å²) in [7, 11) is 0. The first-order valence-corrected chi connectivity index (χ1v) is 8.90. The van der Waals surface area contributed by atoms with E-state index in [1.54, 1.807) is 6.08 Å². The van der Waals surface area contributed by atoms with Gasteiger partial charge in [0.1, 0.15) is 5.82 Å². The summed E-state index contributed by atoms with van der Waals surface area (Å²) in [6.45, 7) is 5.07. The quantitative estimate of drug-likeness (QED) is 0.771. The van der Waals surface area contributed by atoms with E-state index in [0.717, 1.165) is 36.3 Å². The molecule has 1 aliphatic heterocycles. The van der Waals surface area contributed by atoms with E-state index >= 15 is 0 Å². The molecule has 1 heterocycles. The Morgan fingerprint density at radius 2 is 1.96 bits per heavy atom. The van der Waals surface area contributed by atoms with Crippen molar-refractivity contribution in [1.29, 1.82) is 0 Å². The summed E-state index contributed by atoms with van der Waals surface area (Å²) in [5, 5.41) is 5.70. The van der Waals surface area contributed by atoms with Crippen LogP contribution in [0.1, 0.15) is 22.3 Å². The van der Waals surface area contributed by atoms with Gasteiger partial charge in [-0.15, -0.1) is 6.58 Å². The number of halogens is 1. The molecule has 2 N–H and O–H groups in total. The van der Waals surface area contributed by atoms with E-state index in [2.05, 4.69) is 17.2 Å². The third-order valence-corrected chi connectivity index (χ3v) is 4.48. The molecule has 0 bridgehead atoms. The van der Waals surface area contributed by atoms with Gasteiger partial charge in [0.05, 0.1) is 6.54 Å². The molecule has 2 aromatic carbocycles. The number of carbonyl (C=O) groups is 2. The van der Waals surface area contributed by atoms with Gasteiger partial charge in [0.15, 0.2) is 0 Å². The number of amides is 2. The third kappa shape index (κ3) is 4.53. The van der Waals surface area contributed by atoms with Crippen LogP contribution in [0.4, 0.5) is 15.8 Å². The average molecular weight is 367 g/mol. The van der Waals surface area contributed by atoms with E-state index in [9.17, 15) is 14.0 Å². The van der Waals surface area contributed by atoms with Crippen LogP contribution in [0.5, 0.6) is 0 Å². The van der Waals surface area contributed by atoms with E-state index in [1.807, 2.05) is 23.1 Å². The molecule has 0 aliphatic carbocycles. The molecule has 3 rings (SSSR count). The molecule has 27 heavy (non-hydrogen) atoms. The van der Waals surface area contributed by atoms with Crippen LogP contribution in [-0.2, 0) is 11.2 Å². The summed E-state index contributed by atoms with van der Waals surface area (Å²) in [6.07, 6.45) is 3.36. The Morgan fingerprint density at radius 1 is 1.19 bits per heavy atom. The van der Waals surface area contributed by atoms with Crippen LogP contribution in [0.15, 0.2) is 55.1 Å². The second-order valence-corrected chi connectivity index (χ2v) is 6.38. The molecule has 0 fully saturated rings. The highest BCUT2D eigenvalue weighted by Crippen LogP contribution is 2.32. The third-order valence-electron chi connectivity index (χ3n) is 4.48. The number of hydrogen-bond acceptors (Lipinski definition) is 3. The highest BCUT2D eigenvalue weighted by Gasteiger charge is 2.22. The molecule has 140 valence electrons. The van der Waals surface area contributed by atoms with Crippen LogP contribution in [0.3, 0.4) is 0 Å². The van der Waals surface area contributed by atoms with Gasteiger partial charge in [0.25, 0.3) is 5.91 Å². The first-order chi connectivity index (χ1) is 13.1. The Bertz CT molecular complexity index is 849. The zero-order valence-electron chi connectivity index (χ0n) is 15.0. The fourth-order valence-electron chi connectivity index (χ4n) is 3.19. The highest BCUT2D eigenvalue weighted by molar-refractivity contribution is 6.05. The van der Waals surface area contributed by atoms with E-state index in [4.69, 9.17) is 0 Å². The smallest absolute Gasteiger partial charge is 0.255 e. The molecule has 6 heteroatoms. The fourth-order valence-corrected chi connectivity index (χ4v) is 3.19. The van der Waals surface area contributed by atoms with Gasteiger partial charge < -0.3 is 15.5 Å². The van der Waals surface area contributed by atoms with Gasteiger partial charge in [-0.05, 0) is 54.8 Å². The largest absolute Gasteiger partial charge is 0.362 e. The normalized spacial score (nSPS) is 12.9. The Balaban J connectivity index is 1.77. The summed E-state index contributed by atoms with van der Waals surface area (Å²) in [6, 6.07) is 11.1. The highest BCUT2D eigenvalue weighted by atomic mass is 19.1. The predicted octanol–water partition coefficient (Wildman–Crippen LogP) is 3.13. The van der Waals surface area contributed by atoms with Crippen molar-refractivity contribution in [2.75, 3.05) is 29.9 Å². The zero-order chi connectivity index (χ0) is 19.2. The summed E-state index contributed by atoms with van der Waals surface area (Å²) in [5.74, 6) is -0.734. The monoisotopic (exact) mass is 367 g/mol. The maximum Gasteiger partial charge on any atom is 0.255 e. The lowest BCUT2D eigenvalue weighted by atomic mass is 9.99. The topological polar surface area (TPSA) is 61.4 Å². The van der Waals surface area contributed by atoms with Crippen molar-refractivity contribution in [3.63, 3.8) is 0 Å². The molecule has 0 saturated carbocycles. The first kappa shape index (κ1) is 18.6. The van der Waals surface area contributed by atoms with Crippen LogP contribution in [0.2, 0.25) is 0 Å². The minimum absolute atomic E-state index is 0.0662. The lowest BCUT2D eigenvalue weighted by molar-refractivity contribution is -0.119. The number of benzene rings is 2. The molecule has 0 saturated heterocycles. The maximum atomic E-state index is 13.1. The van der Waals surface area contributed by atoms with Gasteiger partial charge in [-0.2, -0.15) is 0 Å². The number of hydrogen-bond donors (Lipinski definition) is 2. The number of nitrogens with zero attached hydrogens (tertiary/aromatic N) is 1. The second-order valence-electron chi connectivity index (χ2n) is 6.38. The van der Waals surface area contributed by atoms with Crippen LogP contribution < -0.4 is 15.5 Å². The van der Waals surface area contributed by atoms with Crippen molar-refractivity contribution in [1.82, 2.24) is 5.32 Å². The van der Waals surface area contributed by atoms with Gasteiger partial charge in [-0.3, -0.25) is 9.59 Å². The van der Waals surface area contributed by atoms with Gasteiger partial charge in [0, 0.05) is 30.0 Å².